The van der Waals surface area contributed by atoms with E-state index in [0.717, 1.165) is 18.1 Å². The quantitative estimate of drug-likeness (QED) is 0.840. The molecule has 0 bridgehead atoms. The molecule has 2 fully saturated rings. The third-order valence-electron chi connectivity index (χ3n) is 4.45. The fourth-order valence-electron chi connectivity index (χ4n) is 3.06. The van der Waals surface area contributed by atoms with Crippen LogP contribution in [0.1, 0.15) is 29.3 Å². The highest BCUT2D eigenvalue weighted by Gasteiger charge is 2.62. The van der Waals surface area contributed by atoms with Crippen molar-refractivity contribution in [3.8, 4) is 0 Å². The number of carbonyl (C=O) groups excluding carboxylic acids is 1. The van der Waals surface area contributed by atoms with Crippen LogP contribution in [-0.2, 0) is 11.3 Å². The summed E-state index contributed by atoms with van der Waals surface area (Å²) >= 11 is 1.49. The van der Waals surface area contributed by atoms with E-state index in [1.807, 2.05) is 10.3 Å². The van der Waals surface area contributed by atoms with Crippen LogP contribution in [0.15, 0.2) is 5.38 Å². The molecule has 5 heteroatoms. The van der Waals surface area contributed by atoms with Gasteiger partial charge in [-0.3, -0.25) is 4.79 Å². The summed E-state index contributed by atoms with van der Waals surface area (Å²) in [5.41, 5.74) is 1.02. The maximum absolute atomic E-state index is 12.3. The Morgan fingerprint density at radius 2 is 2.22 bits per heavy atom. The Balaban J connectivity index is 1.65. The molecule has 1 saturated heterocycles. The monoisotopic (exact) mass is 266 g/mol. The van der Waals surface area contributed by atoms with Crippen LogP contribution < -0.4 is 0 Å². The van der Waals surface area contributed by atoms with Crippen molar-refractivity contribution in [3.05, 3.63) is 16.1 Å². The Morgan fingerprint density at radius 1 is 1.56 bits per heavy atom. The molecule has 1 aromatic rings. The van der Waals surface area contributed by atoms with Gasteiger partial charge in [0.1, 0.15) is 10.7 Å². The SMILES string of the molecule is COCc1nc(C(=O)N2CC3C(C2)C3(C)C)cs1. The summed E-state index contributed by atoms with van der Waals surface area (Å²) in [5.74, 6) is 1.47. The van der Waals surface area contributed by atoms with Gasteiger partial charge in [0, 0.05) is 25.6 Å². The zero-order chi connectivity index (χ0) is 12.9. The van der Waals surface area contributed by atoms with E-state index in [1.165, 1.54) is 11.3 Å². The van der Waals surface area contributed by atoms with Crippen molar-refractivity contribution in [3.63, 3.8) is 0 Å². The van der Waals surface area contributed by atoms with Gasteiger partial charge in [0.2, 0.25) is 0 Å². The van der Waals surface area contributed by atoms with E-state index in [4.69, 9.17) is 4.74 Å². The number of nitrogens with zero attached hydrogens (tertiary/aromatic N) is 2. The molecule has 0 spiro atoms. The molecule has 0 aromatic carbocycles. The maximum atomic E-state index is 12.3. The molecule has 1 aromatic heterocycles. The summed E-state index contributed by atoms with van der Waals surface area (Å²) in [7, 11) is 1.64. The number of rotatable bonds is 3. The second-order valence-electron chi connectivity index (χ2n) is 5.80. The minimum atomic E-state index is 0.0802. The van der Waals surface area contributed by atoms with E-state index >= 15 is 0 Å². The van der Waals surface area contributed by atoms with Crippen molar-refractivity contribution < 1.29 is 9.53 Å². The predicted molar refractivity (Wildman–Crippen MR) is 69.5 cm³/mol. The molecular weight excluding hydrogens is 248 g/mol. The number of hydrogen-bond acceptors (Lipinski definition) is 4. The number of methoxy groups -OCH3 is 1. The molecule has 4 nitrogen and oxygen atoms in total. The van der Waals surface area contributed by atoms with Crippen LogP contribution in [0.5, 0.6) is 0 Å². The molecule has 2 aliphatic rings. The lowest BCUT2D eigenvalue weighted by Crippen LogP contribution is -2.33. The first-order valence-corrected chi connectivity index (χ1v) is 7.14. The molecule has 98 valence electrons. The highest BCUT2D eigenvalue weighted by atomic mass is 32.1. The maximum Gasteiger partial charge on any atom is 0.273 e. The standard InChI is InChI=1S/C13H18N2O2S/c1-13(2)8-4-15(5-9(8)13)12(16)10-7-18-11(14-10)6-17-3/h7-9H,4-6H2,1-3H3. The van der Waals surface area contributed by atoms with Crippen molar-refractivity contribution in [2.24, 2.45) is 17.3 Å². The van der Waals surface area contributed by atoms with Crippen molar-refractivity contribution in [2.45, 2.75) is 20.5 Å². The van der Waals surface area contributed by atoms with Crippen LogP contribution >= 0.6 is 11.3 Å². The van der Waals surface area contributed by atoms with Crippen LogP contribution in [-0.4, -0.2) is 36.0 Å². The first-order chi connectivity index (χ1) is 8.54. The Bertz CT molecular complexity index is 469. The number of amides is 1. The van der Waals surface area contributed by atoms with E-state index < -0.39 is 0 Å². The van der Waals surface area contributed by atoms with Crippen molar-refractivity contribution in [1.82, 2.24) is 9.88 Å². The summed E-state index contributed by atoms with van der Waals surface area (Å²) in [6.07, 6.45) is 0. The van der Waals surface area contributed by atoms with Gasteiger partial charge in [0.25, 0.3) is 5.91 Å². The van der Waals surface area contributed by atoms with Crippen LogP contribution in [0.3, 0.4) is 0 Å². The van der Waals surface area contributed by atoms with Crippen molar-refractivity contribution in [1.29, 1.82) is 0 Å². The van der Waals surface area contributed by atoms with Crippen LogP contribution in [0.2, 0.25) is 0 Å². The highest BCUT2D eigenvalue weighted by Crippen LogP contribution is 2.62. The average Bonchev–Trinajstić information content (AvgIpc) is 2.81. The van der Waals surface area contributed by atoms with E-state index in [9.17, 15) is 4.79 Å². The van der Waals surface area contributed by atoms with Crippen molar-refractivity contribution in [2.75, 3.05) is 20.2 Å². The third kappa shape index (κ3) is 1.77. The number of carbonyl (C=O) groups is 1. The molecule has 2 atom stereocenters. The smallest absolute Gasteiger partial charge is 0.273 e. The van der Waals surface area contributed by atoms with E-state index in [-0.39, 0.29) is 5.91 Å². The number of fused-ring (bicyclic) bond motifs is 1. The van der Waals surface area contributed by atoms with Gasteiger partial charge in [-0.1, -0.05) is 13.8 Å². The predicted octanol–water partition coefficient (Wildman–Crippen LogP) is 2.02. The zero-order valence-corrected chi connectivity index (χ0v) is 11.8. The average molecular weight is 266 g/mol. The molecule has 0 N–H and O–H groups in total. The van der Waals surface area contributed by atoms with Gasteiger partial charge >= 0.3 is 0 Å². The molecule has 1 saturated carbocycles. The minimum Gasteiger partial charge on any atom is -0.378 e. The second-order valence-corrected chi connectivity index (χ2v) is 6.75. The largest absolute Gasteiger partial charge is 0.378 e. The number of thiazole rings is 1. The topological polar surface area (TPSA) is 42.4 Å². The lowest BCUT2D eigenvalue weighted by Gasteiger charge is -2.21. The fraction of sp³-hybridized carbons (Fsp3) is 0.692. The first kappa shape index (κ1) is 12.1. The summed E-state index contributed by atoms with van der Waals surface area (Å²) in [6, 6.07) is 0. The van der Waals surface area contributed by atoms with Crippen LogP contribution in [0.25, 0.3) is 0 Å². The van der Waals surface area contributed by atoms with Gasteiger partial charge in [-0.2, -0.15) is 0 Å². The van der Waals surface area contributed by atoms with Gasteiger partial charge in [-0.15, -0.1) is 11.3 Å². The van der Waals surface area contributed by atoms with Gasteiger partial charge in [0.05, 0.1) is 6.61 Å². The molecule has 2 unspecified atom stereocenters. The number of likely N-dealkylation sites (tertiary alicyclic amines) is 1. The van der Waals surface area contributed by atoms with E-state index in [1.54, 1.807) is 7.11 Å². The second kappa shape index (κ2) is 4.03. The van der Waals surface area contributed by atoms with E-state index in [2.05, 4.69) is 18.8 Å². The van der Waals surface area contributed by atoms with Crippen LogP contribution in [0.4, 0.5) is 0 Å². The van der Waals surface area contributed by atoms with Gasteiger partial charge in [-0.25, -0.2) is 4.98 Å². The zero-order valence-electron chi connectivity index (χ0n) is 11.0. The number of aromatic nitrogens is 1. The molecule has 1 amide bonds. The molecular formula is C13H18N2O2S. The third-order valence-corrected chi connectivity index (χ3v) is 5.27. The lowest BCUT2D eigenvalue weighted by atomic mass is 10.1. The lowest BCUT2D eigenvalue weighted by molar-refractivity contribution is 0.0752. The number of hydrogen-bond donors (Lipinski definition) is 0. The summed E-state index contributed by atoms with van der Waals surface area (Å²) < 4.78 is 5.02. The minimum absolute atomic E-state index is 0.0802. The Morgan fingerprint density at radius 3 is 2.83 bits per heavy atom. The molecule has 2 heterocycles. The fourth-order valence-corrected chi connectivity index (χ4v) is 3.80. The molecule has 0 radical (unpaired) electrons. The van der Waals surface area contributed by atoms with Gasteiger partial charge in [0.15, 0.2) is 0 Å². The molecule has 1 aliphatic carbocycles. The Hall–Kier alpha value is -0.940. The van der Waals surface area contributed by atoms with Crippen molar-refractivity contribution >= 4 is 17.2 Å². The Kier molecular flexibility index (Phi) is 2.71. The van der Waals surface area contributed by atoms with E-state index in [0.29, 0.717) is 29.6 Å². The summed E-state index contributed by atoms with van der Waals surface area (Å²) in [4.78, 5) is 18.5. The summed E-state index contributed by atoms with van der Waals surface area (Å²) in [6.45, 7) is 6.87. The molecule has 1 aliphatic heterocycles. The Labute approximate surface area is 111 Å². The van der Waals surface area contributed by atoms with Gasteiger partial charge < -0.3 is 9.64 Å². The van der Waals surface area contributed by atoms with Crippen LogP contribution in [0, 0.1) is 17.3 Å². The van der Waals surface area contributed by atoms with Gasteiger partial charge in [-0.05, 0) is 17.3 Å². The number of piperidine rings is 1. The number of ether oxygens (including phenoxy) is 1. The normalized spacial score (nSPS) is 28.3. The highest BCUT2D eigenvalue weighted by molar-refractivity contribution is 7.09. The summed E-state index contributed by atoms with van der Waals surface area (Å²) in [5, 5.41) is 2.71. The molecule has 3 rings (SSSR count). The first-order valence-electron chi connectivity index (χ1n) is 6.26. The molecule has 18 heavy (non-hydrogen) atoms.